The van der Waals surface area contributed by atoms with Crippen LogP contribution in [0.1, 0.15) is 25.2 Å². The number of hydrogen-bond donors (Lipinski definition) is 1. The molecule has 2 aromatic carbocycles. The van der Waals surface area contributed by atoms with Gasteiger partial charge in [0.1, 0.15) is 12.4 Å². The van der Waals surface area contributed by atoms with E-state index in [-0.39, 0.29) is 17.3 Å². The predicted molar refractivity (Wildman–Crippen MR) is 113 cm³/mol. The Kier molecular flexibility index (Phi) is 6.34. The smallest absolute Gasteiger partial charge is 0.243 e. The molecule has 0 spiro atoms. The number of fused-ring (bicyclic) bond motifs is 1. The summed E-state index contributed by atoms with van der Waals surface area (Å²) in [5.41, 5.74) is 2.62. The number of nitrogens with one attached hydrogen (secondary N) is 1. The zero-order chi connectivity index (χ0) is 21.0. The van der Waals surface area contributed by atoms with Crippen molar-refractivity contribution in [3.8, 4) is 0 Å². The summed E-state index contributed by atoms with van der Waals surface area (Å²) in [4.78, 5) is 17.1. The standard InChI is InChI=1S/C21H26N4O3S/c1-4-24(5-2)29(27,28)18-12-10-17(11-13-18)14-22-21(26)15-25-16(3)23-19-8-6-7-9-20(19)25/h6-13H,4-5,14-15H2,1-3H3,(H,22,26). The van der Waals surface area contributed by atoms with Crippen LogP contribution >= 0.6 is 0 Å². The highest BCUT2D eigenvalue weighted by atomic mass is 32.2. The quantitative estimate of drug-likeness (QED) is 0.614. The fourth-order valence-corrected chi connectivity index (χ4v) is 4.75. The predicted octanol–water partition coefficient (Wildman–Crippen LogP) is 2.69. The third kappa shape index (κ3) is 4.49. The van der Waals surface area contributed by atoms with Crippen molar-refractivity contribution >= 4 is 27.0 Å². The van der Waals surface area contributed by atoms with Crippen LogP contribution in [0.5, 0.6) is 0 Å². The van der Waals surface area contributed by atoms with Crippen molar-refractivity contribution in [1.29, 1.82) is 0 Å². The number of benzene rings is 2. The molecule has 0 unspecified atom stereocenters. The first-order chi connectivity index (χ1) is 13.9. The van der Waals surface area contributed by atoms with Crippen LogP contribution in [0, 0.1) is 6.92 Å². The number of sulfonamides is 1. The van der Waals surface area contributed by atoms with Crippen LogP contribution in [0.2, 0.25) is 0 Å². The summed E-state index contributed by atoms with van der Waals surface area (Å²) in [6.07, 6.45) is 0. The van der Waals surface area contributed by atoms with Gasteiger partial charge in [0.25, 0.3) is 0 Å². The van der Waals surface area contributed by atoms with Gasteiger partial charge in [-0.05, 0) is 36.8 Å². The Morgan fingerprint density at radius 2 is 1.72 bits per heavy atom. The van der Waals surface area contributed by atoms with Gasteiger partial charge in [0.05, 0.1) is 15.9 Å². The Morgan fingerprint density at radius 3 is 2.38 bits per heavy atom. The average Bonchev–Trinajstić information content (AvgIpc) is 3.02. The Hall–Kier alpha value is -2.71. The van der Waals surface area contributed by atoms with Gasteiger partial charge in [0.15, 0.2) is 0 Å². The molecule has 0 saturated carbocycles. The lowest BCUT2D eigenvalue weighted by molar-refractivity contribution is -0.121. The molecule has 0 bridgehead atoms. The second-order valence-electron chi connectivity index (χ2n) is 6.74. The maximum Gasteiger partial charge on any atom is 0.243 e. The summed E-state index contributed by atoms with van der Waals surface area (Å²) >= 11 is 0. The molecule has 0 saturated heterocycles. The summed E-state index contributed by atoms with van der Waals surface area (Å²) in [7, 11) is -3.47. The zero-order valence-electron chi connectivity index (χ0n) is 16.9. The molecule has 7 nitrogen and oxygen atoms in total. The second-order valence-corrected chi connectivity index (χ2v) is 8.68. The highest BCUT2D eigenvalue weighted by Gasteiger charge is 2.21. The second kappa shape index (κ2) is 8.75. The first-order valence-electron chi connectivity index (χ1n) is 9.64. The van der Waals surface area contributed by atoms with Crippen molar-refractivity contribution in [2.24, 2.45) is 0 Å². The molecule has 1 heterocycles. The van der Waals surface area contributed by atoms with Crippen LogP contribution in [0.15, 0.2) is 53.4 Å². The largest absolute Gasteiger partial charge is 0.350 e. The van der Waals surface area contributed by atoms with Crippen molar-refractivity contribution in [2.75, 3.05) is 13.1 Å². The van der Waals surface area contributed by atoms with Gasteiger partial charge >= 0.3 is 0 Å². The van der Waals surface area contributed by atoms with E-state index in [9.17, 15) is 13.2 Å². The Morgan fingerprint density at radius 1 is 1.07 bits per heavy atom. The fraction of sp³-hybridized carbons (Fsp3) is 0.333. The van der Waals surface area contributed by atoms with Crippen LogP contribution in [0.4, 0.5) is 0 Å². The third-order valence-electron chi connectivity index (χ3n) is 4.90. The number of nitrogens with zero attached hydrogens (tertiary/aromatic N) is 3. The maximum absolute atomic E-state index is 12.5. The number of carbonyl (C=O) groups excluding carboxylic acids is 1. The fourth-order valence-electron chi connectivity index (χ4n) is 3.29. The van der Waals surface area contributed by atoms with Gasteiger partial charge < -0.3 is 9.88 Å². The number of imidazole rings is 1. The van der Waals surface area contributed by atoms with Crippen LogP contribution in [-0.4, -0.2) is 41.3 Å². The molecular weight excluding hydrogens is 388 g/mol. The molecule has 0 aliphatic rings. The number of aromatic nitrogens is 2. The number of rotatable bonds is 8. The van der Waals surface area contributed by atoms with Gasteiger partial charge in [-0.2, -0.15) is 4.31 Å². The lowest BCUT2D eigenvalue weighted by atomic mass is 10.2. The van der Waals surface area contributed by atoms with E-state index < -0.39 is 10.0 Å². The summed E-state index contributed by atoms with van der Waals surface area (Å²) in [6.45, 7) is 6.88. The van der Waals surface area contributed by atoms with E-state index in [2.05, 4.69) is 10.3 Å². The Bertz CT molecular complexity index is 1100. The van der Waals surface area contributed by atoms with E-state index in [4.69, 9.17) is 0 Å². The van der Waals surface area contributed by atoms with E-state index in [1.165, 1.54) is 4.31 Å². The monoisotopic (exact) mass is 414 g/mol. The van der Waals surface area contributed by atoms with Gasteiger partial charge in [-0.1, -0.05) is 38.1 Å². The van der Waals surface area contributed by atoms with Crippen molar-refractivity contribution in [2.45, 2.75) is 38.8 Å². The first-order valence-corrected chi connectivity index (χ1v) is 11.1. The molecule has 0 radical (unpaired) electrons. The molecule has 29 heavy (non-hydrogen) atoms. The van der Waals surface area contributed by atoms with E-state index in [1.54, 1.807) is 24.3 Å². The summed E-state index contributed by atoms with van der Waals surface area (Å²) in [5, 5.41) is 2.89. The minimum absolute atomic E-state index is 0.129. The molecule has 1 aromatic heterocycles. The number of aryl methyl sites for hydroxylation is 1. The van der Waals surface area contributed by atoms with Gasteiger partial charge in [-0.3, -0.25) is 4.79 Å². The molecule has 0 atom stereocenters. The number of carbonyl (C=O) groups is 1. The molecule has 3 aromatic rings. The normalized spacial score (nSPS) is 11.9. The Labute approximate surface area is 171 Å². The number of hydrogen-bond acceptors (Lipinski definition) is 4. The highest BCUT2D eigenvalue weighted by Crippen LogP contribution is 2.17. The van der Waals surface area contributed by atoms with Gasteiger partial charge in [0, 0.05) is 19.6 Å². The van der Waals surface area contributed by atoms with Crippen molar-refractivity contribution in [1.82, 2.24) is 19.2 Å². The average molecular weight is 415 g/mol. The molecule has 1 N–H and O–H groups in total. The van der Waals surface area contributed by atoms with Crippen molar-refractivity contribution in [3.63, 3.8) is 0 Å². The molecule has 154 valence electrons. The van der Waals surface area contributed by atoms with Crippen LogP contribution < -0.4 is 5.32 Å². The number of amides is 1. The minimum atomic E-state index is -3.47. The Balaban J connectivity index is 1.64. The van der Waals surface area contributed by atoms with Crippen LogP contribution in [0.3, 0.4) is 0 Å². The minimum Gasteiger partial charge on any atom is -0.350 e. The van der Waals surface area contributed by atoms with E-state index in [0.29, 0.717) is 19.6 Å². The third-order valence-corrected chi connectivity index (χ3v) is 6.97. The summed E-state index contributed by atoms with van der Waals surface area (Å²) in [6, 6.07) is 14.3. The molecule has 0 fully saturated rings. The molecule has 3 rings (SSSR count). The maximum atomic E-state index is 12.5. The molecular formula is C21H26N4O3S. The topological polar surface area (TPSA) is 84.3 Å². The lowest BCUT2D eigenvalue weighted by Crippen LogP contribution is -2.30. The van der Waals surface area contributed by atoms with Crippen LogP contribution in [-0.2, 0) is 27.9 Å². The molecule has 1 amide bonds. The van der Waals surface area contributed by atoms with Gasteiger partial charge in [-0.25, -0.2) is 13.4 Å². The first kappa shape index (κ1) is 21.0. The van der Waals surface area contributed by atoms with Gasteiger partial charge in [0.2, 0.25) is 15.9 Å². The van der Waals surface area contributed by atoms with E-state index in [1.807, 2.05) is 49.6 Å². The van der Waals surface area contributed by atoms with E-state index in [0.717, 1.165) is 22.4 Å². The number of para-hydroxylation sites is 2. The van der Waals surface area contributed by atoms with Crippen LogP contribution in [0.25, 0.3) is 11.0 Å². The van der Waals surface area contributed by atoms with Crippen molar-refractivity contribution < 1.29 is 13.2 Å². The molecule has 0 aliphatic heterocycles. The van der Waals surface area contributed by atoms with E-state index >= 15 is 0 Å². The van der Waals surface area contributed by atoms with Gasteiger partial charge in [-0.15, -0.1) is 0 Å². The highest BCUT2D eigenvalue weighted by molar-refractivity contribution is 7.89. The zero-order valence-corrected chi connectivity index (χ0v) is 17.7. The molecule has 0 aliphatic carbocycles. The summed E-state index contributed by atoms with van der Waals surface area (Å²) < 4.78 is 28.4. The SMILES string of the molecule is CCN(CC)S(=O)(=O)c1ccc(CNC(=O)Cn2c(C)nc3ccccc32)cc1. The van der Waals surface area contributed by atoms with Crippen molar-refractivity contribution in [3.05, 3.63) is 59.9 Å². The summed E-state index contributed by atoms with van der Waals surface area (Å²) in [5.74, 6) is 0.656. The molecule has 8 heteroatoms. The lowest BCUT2D eigenvalue weighted by Gasteiger charge is -2.18.